The molecule has 0 N–H and O–H groups in total. The van der Waals surface area contributed by atoms with Gasteiger partial charge in [0.05, 0.1) is 5.71 Å². The van der Waals surface area contributed by atoms with Crippen LogP contribution in [0.25, 0.3) is 10.8 Å². The zero-order valence-electron chi connectivity index (χ0n) is 24.2. The molecule has 4 heteroatoms. The van der Waals surface area contributed by atoms with Crippen molar-refractivity contribution < 1.29 is 14.3 Å². The molecule has 0 spiro atoms. The van der Waals surface area contributed by atoms with Crippen LogP contribution >= 0.6 is 0 Å². The van der Waals surface area contributed by atoms with Crippen LogP contribution in [0.5, 0.6) is 0 Å². The van der Waals surface area contributed by atoms with Gasteiger partial charge in [-0.3, -0.25) is 9.79 Å². The Labute approximate surface area is 247 Å². The first-order valence-corrected chi connectivity index (χ1v) is 14.3. The van der Waals surface area contributed by atoms with Crippen molar-refractivity contribution in [3.8, 4) is 0 Å². The molecule has 0 saturated carbocycles. The third kappa shape index (κ3) is 6.90. The van der Waals surface area contributed by atoms with Crippen molar-refractivity contribution in [1.29, 1.82) is 0 Å². The van der Waals surface area contributed by atoms with Crippen molar-refractivity contribution >= 4 is 28.2 Å². The number of carbonyl (C=O) groups excluding carboxylic acids is 2. The topological polar surface area (TPSA) is 55.7 Å². The Morgan fingerprint density at radius 2 is 1.14 bits per heavy atom. The number of hydrogen-bond acceptors (Lipinski definition) is 4. The zero-order valence-corrected chi connectivity index (χ0v) is 24.2. The van der Waals surface area contributed by atoms with Crippen molar-refractivity contribution in [2.75, 3.05) is 0 Å². The van der Waals surface area contributed by atoms with Crippen LogP contribution in [0, 0.1) is 0 Å². The van der Waals surface area contributed by atoms with E-state index >= 15 is 0 Å². The second kappa shape index (κ2) is 12.8. The molecule has 0 bridgehead atoms. The molecule has 0 radical (unpaired) electrons. The maximum Gasteiger partial charge on any atom is 0.332 e. The van der Waals surface area contributed by atoms with Crippen molar-refractivity contribution in [2.24, 2.45) is 4.99 Å². The van der Waals surface area contributed by atoms with Gasteiger partial charge in [0.2, 0.25) is 0 Å². The van der Waals surface area contributed by atoms with Crippen molar-refractivity contribution in [3.05, 3.63) is 156 Å². The molecule has 0 fully saturated rings. The number of ketones is 1. The molecule has 0 aliphatic carbocycles. The molecule has 5 rings (SSSR count). The highest BCUT2D eigenvalue weighted by molar-refractivity contribution is 6.13. The number of ether oxygens (including phenoxy) is 1. The molecule has 2 atom stereocenters. The van der Waals surface area contributed by atoms with E-state index < -0.39 is 23.5 Å². The van der Waals surface area contributed by atoms with E-state index in [-0.39, 0.29) is 12.2 Å². The van der Waals surface area contributed by atoms with Crippen molar-refractivity contribution in [3.63, 3.8) is 0 Å². The molecule has 5 aromatic carbocycles. The predicted molar refractivity (Wildman–Crippen MR) is 170 cm³/mol. The van der Waals surface area contributed by atoms with Crippen LogP contribution in [0.2, 0.25) is 0 Å². The number of Topliss-reactive ketones (excluding diaryl/α,β-unsaturated/α-hetero) is 1. The molecule has 0 unspecified atom stereocenters. The molecular weight excluding hydrogens is 518 g/mol. The smallest absolute Gasteiger partial charge is 0.332 e. The van der Waals surface area contributed by atoms with E-state index in [1.165, 1.54) is 0 Å². The Bertz CT molecular complexity index is 1640. The van der Waals surface area contributed by atoms with Gasteiger partial charge >= 0.3 is 5.97 Å². The average molecular weight is 554 g/mol. The molecule has 0 amide bonds. The summed E-state index contributed by atoms with van der Waals surface area (Å²) < 4.78 is 6.02. The summed E-state index contributed by atoms with van der Waals surface area (Å²) in [6.45, 7) is 5.55. The third-order valence-electron chi connectivity index (χ3n) is 7.12. The van der Waals surface area contributed by atoms with Crippen molar-refractivity contribution in [1.82, 2.24) is 0 Å². The summed E-state index contributed by atoms with van der Waals surface area (Å²) in [6, 6.07) is 42.0. The first kappa shape index (κ1) is 28.7. The van der Waals surface area contributed by atoms with Crippen LogP contribution in [0.15, 0.2) is 138 Å². The summed E-state index contributed by atoms with van der Waals surface area (Å²) in [5, 5.41) is 2.01. The normalized spacial score (nSPS) is 12.7. The number of benzene rings is 5. The maximum absolute atomic E-state index is 14.2. The molecule has 4 nitrogen and oxygen atoms in total. The largest absolute Gasteiger partial charge is 0.458 e. The van der Waals surface area contributed by atoms with Crippen LogP contribution in [-0.2, 0) is 9.53 Å². The highest BCUT2D eigenvalue weighted by atomic mass is 16.6. The van der Waals surface area contributed by atoms with E-state index in [9.17, 15) is 9.59 Å². The summed E-state index contributed by atoms with van der Waals surface area (Å²) in [5.41, 5.74) is 3.17. The van der Waals surface area contributed by atoms with Crippen LogP contribution in [0.3, 0.4) is 0 Å². The Kier molecular flexibility index (Phi) is 8.73. The molecule has 210 valence electrons. The second-order valence-electron chi connectivity index (χ2n) is 11.4. The highest BCUT2D eigenvalue weighted by Crippen LogP contribution is 2.35. The van der Waals surface area contributed by atoms with E-state index in [2.05, 4.69) is 0 Å². The lowest BCUT2D eigenvalue weighted by Crippen LogP contribution is -2.36. The molecular formula is C38H35NO3. The minimum Gasteiger partial charge on any atom is -0.458 e. The lowest BCUT2D eigenvalue weighted by atomic mass is 9.83. The van der Waals surface area contributed by atoms with Gasteiger partial charge < -0.3 is 4.74 Å². The van der Waals surface area contributed by atoms with E-state index in [1.54, 1.807) is 0 Å². The summed E-state index contributed by atoms with van der Waals surface area (Å²) in [5.74, 6) is -1.11. The summed E-state index contributed by atoms with van der Waals surface area (Å²) in [4.78, 5) is 33.2. The number of carbonyl (C=O) groups is 2. The van der Waals surface area contributed by atoms with Gasteiger partial charge in [0.1, 0.15) is 5.60 Å². The van der Waals surface area contributed by atoms with Gasteiger partial charge in [0, 0.05) is 29.0 Å². The van der Waals surface area contributed by atoms with Crippen molar-refractivity contribution in [2.45, 2.75) is 44.8 Å². The maximum atomic E-state index is 14.2. The zero-order chi connectivity index (χ0) is 29.5. The summed E-state index contributed by atoms with van der Waals surface area (Å²) in [7, 11) is 0. The number of aliphatic imine (C=N–C) groups is 1. The first-order chi connectivity index (χ1) is 20.3. The Hall–Kier alpha value is -4.83. The van der Waals surface area contributed by atoms with Crippen LogP contribution in [0.1, 0.15) is 60.2 Å². The second-order valence-corrected chi connectivity index (χ2v) is 11.4. The molecule has 42 heavy (non-hydrogen) atoms. The molecule has 0 aliphatic rings. The van der Waals surface area contributed by atoms with E-state index in [1.807, 2.05) is 154 Å². The van der Waals surface area contributed by atoms with Gasteiger partial charge in [0.25, 0.3) is 0 Å². The summed E-state index contributed by atoms with van der Waals surface area (Å²) >= 11 is 0. The van der Waals surface area contributed by atoms with Gasteiger partial charge in [-0.1, -0.05) is 133 Å². The van der Waals surface area contributed by atoms with Gasteiger partial charge in [-0.2, -0.15) is 0 Å². The molecule has 0 heterocycles. The fourth-order valence-corrected chi connectivity index (χ4v) is 5.22. The quantitative estimate of drug-likeness (QED) is 0.105. The van der Waals surface area contributed by atoms with Gasteiger partial charge in [-0.15, -0.1) is 0 Å². The minimum atomic E-state index is -0.988. The first-order valence-electron chi connectivity index (χ1n) is 14.3. The lowest BCUT2D eigenvalue weighted by molar-refractivity contribution is -0.156. The Morgan fingerprint density at radius 3 is 1.71 bits per heavy atom. The van der Waals surface area contributed by atoms with Gasteiger partial charge in [-0.25, -0.2) is 4.79 Å². The SMILES string of the molecule is CC(C)(C)OC(=O)[C@@H](N=C(c1ccccc1)c1ccccc1)[C@H](CC(=O)c1ccccc1)c1cccc2ccccc12. The Balaban J connectivity index is 1.74. The minimum absolute atomic E-state index is 0.0572. The van der Waals surface area contributed by atoms with Crippen LogP contribution < -0.4 is 0 Å². The predicted octanol–water partition coefficient (Wildman–Crippen LogP) is 8.44. The Morgan fingerprint density at radius 1 is 0.643 bits per heavy atom. The van der Waals surface area contributed by atoms with Crippen LogP contribution in [0.4, 0.5) is 0 Å². The molecule has 0 aromatic heterocycles. The standard InChI is InChI=1S/C38H35NO3/c1-38(2,3)42-37(41)36(39-35(29-19-9-5-10-20-29)30-21-11-6-12-22-30)33(26-34(40)28-17-7-4-8-18-28)32-25-15-23-27-16-13-14-24-31(27)32/h4-25,33,36H,26H2,1-3H3/t33-,36+/m1/s1. The number of nitrogens with zero attached hydrogens (tertiary/aromatic N) is 1. The third-order valence-corrected chi connectivity index (χ3v) is 7.12. The van der Waals surface area contributed by atoms with Crippen LogP contribution in [-0.4, -0.2) is 29.1 Å². The fraction of sp³-hybridized carbons (Fsp3) is 0.184. The average Bonchev–Trinajstić information content (AvgIpc) is 3.01. The van der Waals surface area contributed by atoms with E-state index in [4.69, 9.17) is 9.73 Å². The highest BCUT2D eigenvalue weighted by Gasteiger charge is 2.36. The number of esters is 1. The number of fused-ring (bicyclic) bond motifs is 1. The number of hydrogen-bond donors (Lipinski definition) is 0. The molecule has 5 aromatic rings. The monoisotopic (exact) mass is 553 g/mol. The van der Waals surface area contributed by atoms with Gasteiger partial charge in [0.15, 0.2) is 11.8 Å². The summed E-state index contributed by atoms with van der Waals surface area (Å²) in [6.07, 6.45) is 0.0856. The van der Waals surface area contributed by atoms with E-state index in [0.29, 0.717) is 11.3 Å². The fourth-order valence-electron chi connectivity index (χ4n) is 5.22. The molecule has 0 aliphatic heterocycles. The van der Waals surface area contributed by atoms with E-state index in [0.717, 1.165) is 27.5 Å². The molecule has 0 saturated heterocycles. The van der Waals surface area contributed by atoms with Gasteiger partial charge in [-0.05, 0) is 37.1 Å². The lowest BCUT2D eigenvalue weighted by Gasteiger charge is -2.29. The number of rotatable bonds is 9.